The van der Waals surface area contributed by atoms with Gasteiger partial charge in [-0.05, 0) is 19.8 Å². The lowest BCUT2D eigenvalue weighted by Crippen LogP contribution is -2.41. The third-order valence-corrected chi connectivity index (χ3v) is 1.78. The van der Waals surface area contributed by atoms with Crippen molar-refractivity contribution in [3.8, 4) is 0 Å². The van der Waals surface area contributed by atoms with E-state index in [0.717, 1.165) is 0 Å². The number of ether oxygens (including phenoxy) is 1. The average Bonchev–Trinajstić information content (AvgIpc) is 2.05. The topological polar surface area (TPSA) is 38.3 Å². The molecule has 1 rings (SSSR count). The molecular formula is C8H15NO2. The first-order valence-corrected chi connectivity index (χ1v) is 3.93. The number of cyclic esters (lactones) is 1. The summed E-state index contributed by atoms with van der Waals surface area (Å²) >= 11 is 0. The highest BCUT2D eigenvalue weighted by atomic mass is 16.6. The quantitative estimate of drug-likeness (QED) is 0.574. The van der Waals surface area contributed by atoms with Gasteiger partial charge in [-0.25, -0.2) is 0 Å². The van der Waals surface area contributed by atoms with Crippen LogP contribution in [0.4, 0.5) is 0 Å². The van der Waals surface area contributed by atoms with Crippen molar-refractivity contribution in [3.05, 3.63) is 0 Å². The normalized spacial score (nSPS) is 29.2. The molecule has 3 heteroatoms. The van der Waals surface area contributed by atoms with Gasteiger partial charge in [0.15, 0.2) is 5.72 Å². The number of carbonyl (C=O) groups is 1. The first-order chi connectivity index (χ1) is 4.92. The van der Waals surface area contributed by atoms with Gasteiger partial charge in [-0.15, -0.1) is 0 Å². The molecule has 1 aliphatic rings. The second kappa shape index (κ2) is 2.48. The zero-order valence-corrected chi connectivity index (χ0v) is 7.47. The van der Waals surface area contributed by atoms with Crippen LogP contribution >= 0.6 is 0 Å². The van der Waals surface area contributed by atoms with E-state index >= 15 is 0 Å². The Hall–Kier alpha value is -0.570. The number of hydrogen-bond acceptors (Lipinski definition) is 3. The van der Waals surface area contributed by atoms with Gasteiger partial charge in [-0.1, -0.05) is 13.8 Å². The molecule has 0 saturated carbocycles. The fourth-order valence-corrected chi connectivity index (χ4v) is 1.22. The molecule has 1 saturated heterocycles. The van der Waals surface area contributed by atoms with Crippen LogP contribution in [0.15, 0.2) is 0 Å². The van der Waals surface area contributed by atoms with Crippen molar-refractivity contribution in [2.45, 2.75) is 39.5 Å². The summed E-state index contributed by atoms with van der Waals surface area (Å²) in [7, 11) is 0. The number of carbonyl (C=O) groups excluding carboxylic acids is 1. The second-order valence-electron chi connectivity index (χ2n) is 3.80. The van der Waals surface area contributed by atoms with E-state index in [-0.39, 0.29) is 12.0 Å². The van der Waals surface area contributed by atoms with Crippen LogP contribution in [-0.2, 0) is 9.53 Å². The van der Waals surface area contributed by atoms with Gasteiger partial charge < -0.3 is 4.74 Å². The summed E-state index contributed by atoms with van der Waals surface area (Å²) in [6, 6.07) is -0.134. The van der Waals surface area contributed by atoms with Crippen LogP contribution in [0.25, 0.3) is 0 Å². The first kappa shape index (κ1) is 8.53. The van der Waals surface area contributed by atoms with Gasteiger partial charge in [0.2, 0.25) is 0 Å². The summed E-state index contributed by atoms with van der Waals surface area (Å²) in [6.07, 6.45) is 0. The molecule has 1 fully saturated rings. The summed E-state index contributed by atoms with van der Waals surface area (Å²) in [5.74, 6) is 0.161. The maximum atomic E-state index is 11.1. The molecule has 0 aromatic rings. The van der Waals surface area contributed by atoms with Crippen LogP contribution < -0.4 is 5.32 Å². The Labute approximate surface area is 67.1 Å². The minimum Gasteiger partial charge on any atom is -0.443 e. The number of nitrogens with one attached hydrogen (secondary N) is 1. The van der Waals surface area contributed by atoms with Crippen LogP contribution in [0.2, 0.25) is 0 Å². The molecule has 0 bridgehead atoms. The lowest BCUT2D eigenvalue weighted by molar-refractivity contribution is -0.147. The van der Waals surface area contributed by atoms with E-state index in [4.69, 9.17) is 4.74 Å². The Morgan fingerprint density at radius 1 is 1.55 bits per heavy atom. The largest absolute Gasteiger partial charge is 0.443 e. The molecule has 0 unspecified atom stereocenters. The van der Waals surface area contributed by atoms with Gasteiger partial charge in [0.25, 0.3) is 0 Å². The van der Waals surface area contributed by atoms with Gasteiger partial charge in [-0.3, -0.25) is 10.1 Å². The molecule has 1 N–H and O–H groups in total. The van der Waals surface area contributed by atoms with Crippen molar-refractivity contribution < 1.29 is 9.53 Å². The Kier molecular flexibility index (Phi) is 1.92. The third-order valence-electron chi connectivity index (χ3n) is 1.78. The van der Waals surface area contributed by atoms with Crippen molar-refractivity contribution in [1.82, 2.24) is 5.32 Å². The van der Waals surface area contributed by atoms with E-state index in [1.165, 1.54) is 0 Å². The summed E-state index contributed by atoms with van der Waals surface area (Å²) in [5.41, 5.74) is -0.480. The lowest BCUT2D eigenvalue weighted by Gasteiger charge is -2.17. The molecule has 1 aliphatic heterocycles. The Bertz CT molecular complexity index is 175. The monoisotopic (exact) mass is 157 g/mol. The predicted molar refractivity (Wildman–Crippen MR) is 41.9 cm³/mol. The highest BCUT2D eigenvalue weighted by Gasteiger charge is 2.40. The molecule has 0 amide bonds. The summed E-state index contributed by atoms with van der Waals surface area (Å²) in [4.78, 5) is 11.1. The van der Waals surface area contributed by atoms with Crippen molar-refractivity contribution in [1.29, 1.82) is 0 Å². The van der Waals surface area contributed by atoms with Crippen LogP contribution in [-0.4, -0.2) is 17.7 Å². The molecule has 0 radical (unpaired) electrons. The Balaban J connectivity index is 2.67. The zero-order valence-electron chi connectivity index (χ0n) is 7.47. The molecule has 64 valence electrons. The van der Waals surface area contributed by atoms with E-state index in [9.17, 15) is 4.79 Å². The van der Waals surface area contributed by atoms with Gasteiger partial charge in [0, 0.05) is 0 Å². The molecular weight excluding hydrogens is 142 g/mol. The number of esters is 1. The van der Waals surface area contributed by atoms with Crippen molar-refractivity contribution in [3.63, 3.8) is 0 Å². The molecule has 3 nitrogen and oxygen atoms in total. The molecule has 0 aliphatic carbocycles. The van der Waals surface area contributed by atoms with E-state index in [1.54, 1.807) is 0 Å². The lowest BCUT2D eigenvalue weighted by atomic mass is 10.1. The third kappa shape index (κ3) is 1.71. The maximum Gasteiger partial charge on any atom is 0.325 e. The van der Waals surface area contributed by atoms with Crippen molar-refractivity contribution in [2.75, 3.05) is 0 Å². The smallest absolute Gasteiger partial charge is 0.325 e. The highest BCUT2D eigenvalue weighted by molar-refractivity contribution is 5.78. The van der Waals surface area contributed by atoms with Gasteiger partial charge in [0.05, 0.1) is 0 Å². The van der Waals surface area contributed by atoms with Crippen molar-refractivity contribution >= 4 is 5.97 Å². The van der Waals surface area contributed by atoms with Crippen LogP contribution in [0.3, 0.4) is 0 Å². The summed E-state index contributed by atoms with van der Waals surface area (Å²) in [5, 5.41) is 3.11. The highest BCUT2D eigenvalue weighted by Crippen LogP contribution is 2.19. The van der Waals surface area contributed by atoms with Crippen LogP contribution in [0, 0.1) is 5.92 Å². The maximum absolute atomic E-state index is 11.1. The Morgan fingerprint density at radius 3 is 2.27 bits per heavy atom. The molecule has 11 heavy (non-hydrogen) atoms. The number of hydrogen-bond donors (Lipinski definition) is 1. The predicted octanol–water partition coefficient (Wildman–Crippen LogP) is 0.893. The van der Waals surface area contributed by atoms with Gasteiger partial charge in [0.1, 0.15) is 6.04 Å². The summed E-state index contributed by atoms with van der Waals surface area (Å²) in [6.45, 7) is 7.71. The van der Waals surface area contributed by atoms with Crippen LogP contribution in [0.1, 0.15) is 27.7 Å². The SMILES string of the molecule is CC(C)[C@@H]1NC(C)(C)OC1=O. The van der Waals surface area contributed by atoms with Crippen molar-refractivity contribution in [2.24, 2.45) is 5.92 Å². The van der Waals surface area contributed by atoms with Crippen LogP contribution in [0.5, 0.6) is 0 Å². The Morgan fingerprint density at radius 2 is 2.09 bits per heavy atom. The number of rotatable bonds is 1. The summed E-state index contributed by atoms with van der Waals surface area (Å²) < 4.78 is 5.07. The molecule has 0 spiro atoms. The van der Waals surface area contributed by atoms with Gasteiger partial charge >= 0.3 is 5.97 Å². The second-order valence-corrected chi connectivity index (χ2v) is 3.80. The molecule has 1 atom stereocenters. The molecule has 0 aromatic heterocycles. The zero-order chi connectivity index (χ0) is 8.65. The van der Waals surface area contributed by atoms with E-state index < -0.39 is 5.72 Å². The minimum absolute atomic E-state index is 0.134. The van der Waals surface area contributed by atoms with E-state index in [0.29, 0.717) is 5.92 Å². The fourth-order valence-electron chi connectivity index (χ4n) is 1.22. The first-order valence-electron chi connectivity index (χ1n) is 3.93. The van der Waals surface area contributed by atoms with E-state index in [1.807, 2.05) is 27.7 Å². The minimum atomic E-state index is -0.480. The van der Waals surface area contributed by atoms with E-state index in [2.05, 4.69) is 5.32 Å². The standard InChI is InChI=1S/C8H15NO2/c1-5(2)6-7(10)11-8(3,4)9-6/h5-6,9H,1-4H3/t6-/m0/s1. The average molecular weight is 157 g/mol. The fraction of sp³-hybridized carbons (Fsp3) is 0.875. The molecule has 1 heterocycles. The molecule has 0 aromatic carbocycles. The van der Waals surface area contributed by atoms with Gasteiger partial charge in [-0.2, -0.15) is 0 Å².